The van der Waals surface area contributed by atoms with Crippen LogP contribution in [0.2, 0.25) is 0 Å². The third-order valence-corrected chi connectivity index (χ3v) is 3.10. The van der Waals surface area contributed by atoms with Crippen molar-refractivity contribution in [3.8, 4) is 0 Å². The monoisotopic (exact) mass is 243 g/mol. The molecule has 0 aromatic rings. The fraction of sp³-hybridized carbons (Fsp3) is 0.833. The minimum absolute atomic E-state index is 0.162. The number of likely N-dealkylation sites (tertiary alicyclic amines) is 1. The number of rotatable bonds is 5. The number of carbonyl (C=O) groups excluding carboxylic acids is 2. The molecule has 1 rings (SSSR count). The van der Waals surface area contributed by atoms with Gasteiger partial charge in [0.05, 0.1) is 19.3 Å². The van der Waals surface area contributed by atoms with Crippen LogP contribution in [0.4, 0.5) is 0 Å². The number of esters is 1. The van der Waals surface area contributed by atoms with E-state index in [1.807, 2.05) is 4.90 Å². The summed E-state index contributed by atoms with van der Waals surface area (Å²) in [4.78, 5) is 25.5. The van der Waals surface area contributed by atoms with Gasteiger partial charge in [-0.3, -0.25) is 14.5 Å². The maximum absolute atomic E-state index is 12.0. The number of nitrogens with zero attached hydrogens (tertiary/aromatic N) is 1. The maximum atomic E-state index is 12.0. The zero-order valence-corrected chi connectivity index (χ0v) is 10.7. The van der Waals surface area contributed by atoms with Gasteiger partial charge in [0.15, 0.2) is 5.78 Å². The van der Waals surface area contributed by atoms with Gasteiger partial charge in [0.1, 0.15) is 5.41 Å². The number of ether oxygens (including phenoxy) is 1. The lowest BCUT2D eigenvalue weighted by Gasteiger charge is -2.23. The van der Waals surface area contributed by atoms with Crippen LogP contribution in [-0.2, 0) is 14.3 Å². The Kier molecular flexibility index (Phi) is 4.65. The van der Waals surface area contributed by atoms with E-state index in [1.54, 1.807) is 20.8 Å². The van der Waals surface area contributed by atoms with Gasteiger partial charge in [0.25, 0.3) is 0 Å². The van der Waals surface area contributed by atoms with E-state index < -0.39 is 11.4 Å². The second-order valence-electron chi connectivity index (χ2n) is 4.95. The highest BCUT2D eigenvalue weighted by Gasteiger charge is 2.38. The Labute approximate surface area is 102 Å². The minimum atomic E-state index is -1.11. The topological polar surface area (TPSA) is 66.8 Å². The SMILES string of the molecule is CCOC(=O)C(C)(C)C(=O)CN1CCC(O)C1. The number of hydrogen-bond acceptors (Lipinski definition) is 5. The molecule has 0 spiro atoms. The van der Waals surface area contributed by atoms with Crippen molar-refractivity contribution in [3.05, 3.63) is 0 Å². The normalized spacial score (nSPS) is 21.5. The number of aliphatic hydroxyl groups excluding tert-OH is 1. The lowest BCUT2D eigenvalue weighted by atomic mass is 9.88. The molecule has 0 amide bonds. The number of hydrogen-bond donors (Lipinski definition) is 1. The summed E-state index contributed by atoms with van der Waals surface area (Å²) in [6.45, 7) is 6.56. The second kappa shape index (κ2) is 5.60. The molecule has 0 aromatic heterocycles. The Morgan fingerprint density at radius 1 is 1.47 bits per heavy atom. The average molecular weight is 243 g/mol. The van der Waals surface area contributed by atoms with Gasteiger partial charge >= 0.3 is 5.97 Å². The number of carbonyl (C=O) groups is 2. The fourth-order valence-corrected chi connectivity index (χ4v) is 1.78. The van der Waals surface area contributed by atoms with Crippen LogP contribution in [0.1, 0.15) is 27.2 Å². The molecule has 5 heteroatoms. The van der Waals surface area contributed by atoms with Crippen LogP contribution < -0.4 is 0 Å². The second-order valence-corrected chi connectivity index (χ2v) is 4.95. The summed E-state index contributed by atoms with van der Waals surface area (Å²) in [5.74, 6) is -0.644. The van der Waals surface area contributed by atoms with E-state index in [1.165, 1.54) is 0 Å². The molecule has 5 nitrogen and oxygen atoms in total. The Morgan fingerprint density at radius 2 is 2.12 bits per heavy atom. The van der Waals surface area contributed by atoms with Crippen LogP contribution in [0.5, 0.6) is 0 Å². The van der Waals surface area contributed by atoms with Crippen molar-refractivity contribution in [3.63, 3.8) is 0 Å². The molecular formula is C12H21NO4. The summed E-state index contributed by atoms with van der Waals surface area (Å²) in [7, 11) is 0. The molecule has 98 valence electrons. The molecule has 0 bridgehead atoms. The van der Waals surface area contributed by atoms with Crippen molar-refractivity contribution in [1.29, 1.82) is 0 Å². The standard InChI is InChI=1S/C12H21NO4/c1-4-17-11(16)12(2,3)10(15)8-13-6-5-9(14)7-13/h9,14H,4-8H2,1-3H3. The van der Waals surface area contributed by atoms with E-state index in [9.17, 15) is 14.7 Å². The van der Waals surface area contributed by atoms with E-state index in [0.717, 1.165) is 0 Å². The Balaban J connectivity index is 2.53. The van der Waals surface area contributed by atoms with Crippen molar-refractivity contribution >= 4 is 11.8 Å². The van der Waals surface area contributed by atoms with E-state index in [4.69, 9.17) is 4.74 Å². The molecule has 0 aliphatic carbocycles. The average Bonchev–Trinajstić information content (AvgIpc) is 2.64. The van der Waals surface area contributed by atoms with Crippen LogP contribution in [0, 0.1) is 5.41 Å². The van der Waals surface area contributed by atoms with Gasteiger partial charge in [-0.15, -0.1) is 0 Å². The number of Topliss-reactive ketones (excluding diaryl/α,β-unsaturated/α-hetero) is 1. The summed E-state index contributed by atoms with van der Waals surface area (Å²) >= 11 is 0. The predicted octanol–water partition coefficient (Wildman–Crippen LogP) is 0.211. The summed E-state index contributed by atoms with van der Waals surface area (Å²) in [5.41, 5.74) is -1.11. The Hall–Kier alpha value is -0.940. The predicted molar refractivity (Wildman–Crippen MR) is 62.5 cm³/mol. The van der Waals surface area contributed by atoms with Crippen molar-refractivity contribution in [2.75, 3.05) is 26.2 Å². The van der Waals surface area contributed by atoms with Gasteiger partial charge in [-0.1, -0.05) is 0 Å². The fourth-order valence-electron chi connectivity index (χ4n) is 1.78. The zero-order chi connectivity index (χ0) is 13.1. The molecule has 0 saturated carbocycles. The summed E-state index contributed by atoms with van der Waals surface area (Å²) < 4.78 is 4.89. The molecule has 1 saturated heterocycles. The third kappa shape index (κ3) is 3.51. The summed E-state index contributed by atoms with van der Waals surface area (Å²) in [6.07, 6.45) is 0.334. The highest BCUT2D eigenvalue weighted by atomic mass is 16.5. The van der Waals surface area contributed by atoms with E-state index in [-0.39, 0.29) is 25.0 Å². The first-order valence-corrected chi connectivity index (χ1v) is 5.99. The van der Waals surface area contributed by atoms with Crippen LogP contribution in [0.15, 0.2) is 0 Å². The van der Waals surface area contributed by atoms with Crippen molar-refractivity contribution in [2.45, 2.75) is 33.3 Å². The third-order valence-electron chi connectivity index (χ3n) is 3.10. The highest BCUT2D eigenvalue weighted by molar-refractivity contribution is 6.03. The Bertz CT molecular complexity index is 301. The first-order chi connectivity index (χ1) is 7.87. The maximum Gasteiger partial charge on any atom is 0.319 e. The Morgan fingerprint density at radius 3 is 2.59 bits per heavy atom. The number of β-amino-alcohol motifs (C(OH)–C–C–N with tert-alkyl or cyclic N) is 1. The zero-order valence-electron chi connectivity index (χ0n) is 10.7. The van der Waals surface area contributed by atoms with Crippen molar-refractivity contribution in [1.82, 2.24) is 4.90 Å². The lowest BCUT2D eigenvalue weighted by Crippen LogP contribution is -2.41. The number of ketones is 1. The molecule has 1 aliphatic rings. The first kappa shape index (κ1) is 14.1. The molecule has 1 unspecified atom stereocenters. The molecule has 17 heavy (non-hydrogen) atoms. The van der Waals surface area contributed by atoms with Crippen LogP contribution in [0.3, 0.4) is 0 Å². The molecule has 1 fully saturated rings. The van der Waals surface area contributed by atoms with Crippen LogP contribution in [0.25, 0.3) is 0 Å². The van der Waals surface area contributed by atoms with E-state index in [0.29, 0.717) is 19.5 Å². The van der Waals surface area contributed by atoms with Crippen molar-refractivity contribution in [2.24, 2.45) is 5.41 Å². The van der Waals surface area contributed by atoms with Gasteiger partial charge in [-0.25, -0.2) is 0 Å². The molecule has 1 N–H and O–H groups in total. The first-order valence-electron chi connectivity index (χ1n) is 5.99. The molecule has 1 atom stereocenters. The van der Waals surface area contributed by atoms with Crippen molar-refractivity contribution < 1.29 is 19.4 Å². The van der Waals surface area contributed by atoms with Gasteiger partial charge < -0.3 is 9.84 Å². The molecular weight excluding hydrogens is 222 g/mol. The van der Waals surface area contributed by atoms with Crippen LogP contribution in [-0.4, -0.2) is 54.1 Å². The smallest absolute Gasteiger partial charge is 0.319 e. The molecule has 1 heterocycles. The van der Waals surface area contributed by atoms with Crippen LogP contribution >= 0.6 is 0 Å². The van der Waals surface area contributed by atoms with E-state index in [2.05, 4.69) is 0 Å². The number of aliphatic hydroxyl groups is 1. The van der Waals surface area contributed by atoms with Gasteiger partial charge in [0, 0.05) is 13.1 Å². The van der Waals surface area contributed by atoms with Gasteiger partial charge in [-0.05, 0) is 27.2 Å². The van der Waals surface area contributed by atoms with Gasteiger partial charge in [0.2, 0.25) is 0 Å². The summed E-state index contributed by atoms with van der Waals surface area (Å²) in [5, 5.41) is 9.36. The summed E-state index contributed by atoms with van der Waals surface area (Å²) in [6, 6.07) is 0. The molecule has 1 aliphatic heterocycles. The highest BCUT2D eigenvalue weighted by Crippen LogP contribution is 2.20. The van der Waals surface area contributed by atoms with Gasteiger partial charge in [-0.2, -0.15) is 0 Å². The molecule has 0 aromatic carbocycles. The lowest BCUT2D eigenvalue weighted by molar-refractivity contribution is -0.158. The largest absolute Gasteiger partial charge is 0.465 e. The van der Waals surface area contributed by atoms with E-state index >= 15 is 0 Å². The molecule has 0 radical (unpaired) electrons. The minimum Gasteiger partial charge on any atom is -0.465 e. The quantitative estimate of drug-likeness (QED) is 0.552.